The molecule has 0 N–H and O–H groups in total. The molecule has 0 bridgehead atoms. The molecule has 0 amide bonds. The molecule has 0 fully saturated rings. The maximum atomic E-state index is 6.31. The molecule has 0 saturated carbocycles. The van der Waals surface area contributed by atoms with Crippen LogP contribution in [0.2, 0.25) is 0 Å². The van der Waals surface area contributed by atoms with Crippen molar-refractivity contribution in [2.45, 2.75) is 0 Å². The topological polar surface area (TPSA) is 73.7 Å². The Balaban J connectivity index is 1.18. The predicted octanol–water partition coefficient (Wildman–Crippen LogP) is 9.41. The van der Waals surface area contributed by atoms with Crippen molar-refractivity contribution in [3.8, 4) is 68.2 Å². The Morgan fingerprint density at radius 3 is 1.76 bits per heavy atom. The Morgan fingerprint density at radius 1 is 0.378 bits per heavy atom. The van der Waals surface area contributed by atoms with Crippen molar-refractivity contribution < 1.29 is 4.74 Å². The van der Waals surface area contributed by atoms with Crippen LogP contribution in [0.1, 0.15) is 0 Å². The van der Waals surface area contributed by atoms with E-state index in [9.17, 15) is 0 Å². The molecule has 0 radical (unpaired) electrons. The summed E-state index contributed by atoms with van der Waals surface area (Å²) < 4.78 is 6.31. The van der Waals surface area contributed by atoms with Crippen LogP contribution < -0.4 is 4.74 Å². The molecule has 1 aliphatic heterocycles. The maximum absolute atomic E-state index is 6.31. The van der Waals surface area contributed by atoms with E-state index in [0.717, 1.165) is 61.2 Å². The summed E-state index contributed by atoms with van der Waals surface area (Å²) in [5.74, 6) is 3.40. The van der Waals surface area contributed by atoms with E-state index in [0.29, 0.717) is 28.8 Å². The van der Waals surface area contributed by atoms with Crippen molar-refractivity contribution in [3.05, 3.63) is 140 Å². The summed E-state index contributed by atoms with van der Waals surface area (Å²) >= 11 is 0. The fourth-order valence-electron chi connectivity index (χ4n) is 6.00. The highest BCUT2D eigenvalue weighted by molar-refractivity contribution is 6.09. The van der Waals surface area contributed by atoms with Gasteiger partial charge in [-0.25, -0.2) is 24.9 Å². The molecule has 0 unspecified atom stereocenters. The van der Waals surface area contributed by atoms with Crippen molar-refractivity contribution in [1.82, 2.24) is 24.9 Å². The Labute approximate surface area is 258 Å². The monoisotopic (exact) mass is 577 g/mol. The molecule has 4 heterocycles. The van der Waals surface area contributed by atoms with Gasteiger partial charge in [0, 0.05) is 33.0 Å². The van der Waals surface area contributed by atoms with Crippen molar-refractivity contribution in [1.29, 1.82) is 0 Å². The third kappa shape index (κ3) is 4.31. The van der Waals surface area contributed by atoms with Crippen LogP contribution >= 0.6 is 0 Å². The number of rotatable bonds is 4. The number of hydrogen-bond donors (Lipinski definition) is 0. The predicted molar refractivity (Wildman–Crippen MR) is 178 cm³/mol. The zero-order valence-electron chi connectivity index (χ0n) is 23.9. The summed E-state index contributed by atoms with van der Waals surface area (Å²) in [5, 5.41) is 3.10. The molecule has 45 heavy (non-hydrogen) atoms. The molecule has 0 spiro atoms. The number of fused-ring (bicyclic) bond motifs is 3. The summed E-state index contributed by atoms with van der Waals surface area (Å²) in [7, 11) is 0. The van der Waals surface area contributed by atoms with Gasteiger partial charge in [0.25, 0.3) is 0 Å². The number of aromatic nitrogens is 5. The van der Waals surface area contributed by atoms with Gasteiger partial charge < -0.3 is 4.74 Å². The number of nitrogens with zero attached hydrogens (tertiary/aromatic N) is 5. The van der Waals surface area contributed by atoms with Gasteiger partial charge in [-0.15, -0.1) is 0 Å². The molecule has 5 aromatic carbocycles. The second kappa shape index (κ2) is 10.2. The first-order valence-corrected chi connectivity index (χ1v) is 14.8. The van der Waals surface area contributed by atoms with Crippen LogP contribution in [-0.2, 0) is 0 Å². The highest BCUT2D eigenvalue weighted by Gasteiger charge is 2.22. The Morgan fingerprint density at radius 2 is 1.00 bits per heavy atom. The highest BCUT2D eigenvalue weighted by Crippen LogP contribution is 2.48. The van der Waals surface area contributed by atoms with Crippen molar-refractivity contribution >= 4 is 21.8 Å². The summed E-state index contributed by atoms with van der Waals surface area (Å²) in [6.45, 7) is 0. The molecule has 3 aromatic heterocycles. The van der Waals surface area contributed by atoms with Gasteiger partial charge in [0.1, 0.15) is 17.2 Å². The zero-order valence-corrected chi connectivity index (χ0v) is 23.9. The van der Waals surface area contributed by atoms with E-state index in [2.05, 4.69) is 42.5 Å². The SMILES string of the molecule is c1ccc(-c2nc(-c3ccccc3)nc(-c3ccc4ccc(-c5ccc6c7c(cccc57)-c5ccccc5O6)nc4n3)n2)cc1. The van der Waals surface area contributed by atoms with Gasteiger partial charge in [0.05, 0.1) is 5.69 Å². The van der Waals surface area contributed by atoms with Crippen LogP contribution in [0.25, 0.3) is 78.5 Å². The van der Waals surface area contributed by atoms with E-state index >= 15 is 0 Å². The van der Waals surface area contributed by atoms with E-state index in [4.69, 9.17) is 29.7 Å². The first kappa shape index (κ1) is 25.2. The van der Waals surface area contributed by atoms with Gasteiger partial charge in [0.2, 0.25) is 0 Å². The fourth-order valence-corrected chi connectivity index (χ4v) is 6.00. The van der Waals surface area contributed by atoms with Crippen LogP contribution in [-0.4, -0.2) is 24.9 Å². The highest BCUT2D eigenvalue weighted by atomic mass is 16.5. The second-order valence-corrected chi connectivity index (χ2v) is 10.9. The molecule has 0 atom stereocenters. The lowest BCUT2D eigenvalue weighted by molar-refractivity contribution is 0.487. The van der Waals surface area contributed by atoms with Gasteiger partial charge in [-0.3, -0.25) is 0 Å². The van der Waals surface area contributed by atoms with Crippen molar-refractivity contribution in [2.24, 2.45) is 0 Å². The van der Waals surface area contributed by atoms with Crippen LogP contribution in [0.4, 0.5) is 0 Å². The van der Waals surface area contributed by atoms with E-state index in [1.165, 1.54) is 0 Å². The largest absolute Gasteiger partial charge is 0.456 e. The first-order chi connectivity index (χ1) is 22.3. The van der Waals surface area contributed by atoms with Gasteiger partial charge in [0.15, 0.2) is 23.1 Å². The molecule has 9 rings (SSSR count). The minimum absolute atomic E-state index is 0.495. The second-order valence-electron chi connectivity index (χ2n) is 10.9. The lowest BCUT2D eigenvalue weighted by Gasteiger charge is -2.22. The summed E-state index contributed by atoms with van der Waals surface area (Å²) in [6.07, 6.45) is 0. The quantitative estimate of drug-likeness (QED) is 0.207. The summed E-state index contributed by atoms with van der Waals surface area (Å²) in [6, 6.07) is 46.6. The molecular formula is C39H23N5O. The molecule has 6 heteroatoms. The summed E-state index contributed by atoms with van der Waals surface area (Å²) in [4.78, 5) is 24.6. The molecule has 6 nitrogen and oxygen atoms in total. The van der Waals surface area contributed by atoms with E-state index in [1.807, 2.05) is 97.1 Å². The lowest BCUT2D eigenvalue weighted by Crippen LogP contribution is -2.01. The average molecular weight is 578 g/mol. The number of ether oxygens (including phenoxy) is 1. The molecule has 8 aromatic rings. The standard InChI is InChI=1S/C39H23N5O/c1-3-10-24(11-4-1)37-42-38(25-12-5-2-6-13-25)44-39(43-37)32-22-19-26-18-21-31(40-36(26)41-32)27-20-23-34-35-29(27)15-9-16-30(35)28-14-7-8-17-33(28)45-34/h1-23H. The van der Waals surface area contributed by atoms with Gasteiger partial charge >= 0.3 is 0 Å². The first-order valence-electron chi connectivity index (χ1n) is 14.8. The van der Waals surface area contributed by atoms with E-state index < -0.39 is 0 Å². The minimum atomic E-state index is 0.495. The normalized spacial score (nSPS) is 11.7. The Bertz CT molecular complexity index is 2350. The van der Waals surface area contributed by atoms with E-state index in [1.54, 1.807) is 0 Å². The van der Waals surface area contributed by atoms with Crippen molar-refractivity contribution in [2.75, 3.05) is 0 Å². The summed E-state index contributed by atoms with van der Waals surface area (Å²) in [5.41, 5.74) is 7.17. The van der Waals surface area contributed by atoms with Gasteiger partial charge in [-0.05, 0) is 53.4 Å². The molecule has 0 aliphatic carbocycles. The molecule has 210 valence electrons. The van der Waals surface area contributed by atoms with Crippen molar-refractivity contribution in [3.63, 3.8) is 0 Å². The maximum Gasteiger partial charge on any atom is 0.182 e. The number of para-hydroxylation sites is 1. The van der Waals surface area contributed by atoms with Crippen LogP contribution in [0.5, 0.6) is 11.5 Å². The van der Waals surface area contributed by atoms with Crippen LogP contribution in [0.3, 0.4) is 0 Å². The Kier molecular flexibility index (Phi) is 5.71. The number of benzene rings is 5. The lowest BCUT2D eigenvalue weighted by atomic mass is 9.91. The molecule has 1 aliphatic rings. The third-order valence-corrected chi connectivity index (χ3v) is 8.16. The van der Waals surface area contributed by atoms with Crippen LogP contribution in [0.15, 0.2) is 140 Å². The smallest absolute Gasteiger partial charge is 0.182 e. The number of hydrogen-bond acceptors (Lipinski definition) is 6. The van der Waals surface area contributed by atoms with Gasteiger partial charge in [-0.1, -0.05) is 97.1 Å². The fraction of sp³-hybridized carbons (Fsp3) is 0. The van der Waals surface area contributed by atoms with Crippen LogP contribution in [0, 0.1) is 0 Å². The third-order valence-electron chi connectivity index (χ3n) is 8.16. The van der Waals surface area contributed by atoms with E-state index in [-0.39, 0.29) is 0 Å². The Hall–Kier alpha value is -6.27. The minimum Gasteiger partial charge on any atom is -0.456 e. The average Bonchev–Trinajstić information content (AvgIpc) is 3.12. The zero-order chi connectivity index (χ0) is 29.7. The van der Waals surface area contributed by atoms with Gasteiger partial charge in [-0.2, -0.15) is 0 Å². The molecule has 0 saturated heterocycles. The number of pyridine rings is 2. The molecular weight excluding hydrogens is 554 g/mol.